The second-order valence-corrected chi connectivity index (χ2v) is 3.83. The summed E-state index contributed by atoms with van der Waals surface area (Å²) in [6, 6.07) is 0. The Morgan fingerprint density at radius 2 is 2.50 bits per heavy atom. The Balaban J connectivity index is 2.25. The van der Waals surface area contributed by atoms with Crippen LogP contribution in [0.4, 0.5) is 0 Å². The summed E-state index contributed by atoms with van der Waals surface area (Å²) in [5.74, 6) is 0. The maximum absolute atomic E-state index is 3.64. The van der Waals surface area contributed by atoms with Crippen LogP contribution in [0.25, 0.3) is 0 Å². The van der Waals surface area contributed by atoms with Crippen LogP contribution in [0.2, 0.25) is 0 Å². The Hall–Kier alpha value is -0.240. The van der Waals surface area contributed by atoms with Crippen LogP contribution < -0.4 is 0 Å². The first-order valence-electron chi connectivity index (χ1n) is 3.63. The van der Waals surface area contributed by atoms with Crippen LogP contribution in [0.15, 0.2) is 23.9 Å². The lowest BCUT2D eigenvalue weighted by molar-refractivity contribution is 0.432. The maximum Gasteiger partial charge on any atom is 0.0561 e. The van der Waals surface area contributed by atoms with Gasteiger partial charge >= 0.3 is 0 Å². The van der Waals surface area contributed by atoms with Gasteiger partial charge in [-0.1, -0.05) is 28.1 Å². The van der Waals surface area contributed by atoms with Gasteiger partial charge in [-0.2, -0.15) is 0 Å². The summed E-state index contributed by atoms with van der Waals surface area (Å²) in [7, 11) is 0. The molecule has 2 heteroatoms. The molecule has 1 saturated heterocycles. The van der Waals surface area contributed by atoms with E-state index >= 15 is 0 Å². The molecule has 2 rings (SSSR count). The fourth-order valence-electron chi connectivity index (χ4n) is 1.51. The van der Waals surface area contributed by atoms with Crippen LogP contribution in [0.1, 0.15) is 6.42 Å². The first-order chi connectivity index (χ1) is 4.88. The highest BCUT2D eigenvalue weighted by Crippen LogP contribution is 2.29. The number of allylic oxidation sites excluding steroid dienone is 3. The van der Waals surface area contributed by atoms with E-state index in [1.807, 2.05) is 0 Å². The summed E-state index contributed by atoms with van der Waals surface area (Å²) >= 11 is 3.64. The van der Waals surface area contributed by atoms with Gasteiger partial charge in [0.1, 0.15) is 0 Å². The Morgan fingerprint density at radius 1 is 1.60 bits per heavy atom. The topological polar surface area (TPSA) is 3.24 Å². The standard InChI is InChI=1S/C8H10BrN/c9-7-4-6-10-5-2-1-3-8(7)10/h1-3,7H,4-6H2. The van der Waals surface area contributed by atoms with Crippen molar-refractivity contribution in [3.63, 3.8) is 0 Å². The molecule has 0 aromatic carbocycles. The molecule has 1 fully saturated rings. The van der Waals surface area contributed by atoms with Crippen LogP contribution in [0, 0.1) is 0 Å². The molecule has 2 aliphatic heterocycles. The molecule has 0 spiro atoms. The molecule has 0 radical (unpaired) electrons. The lowest BCUT2D eigenvalue weighted by Gasteiger charge is -2.20. The van der Waals surface area contributed by atoms with Crippen molar-refractivity contribution in [3.05, 3.63) is 23.9 Å². The van der Waals surface area contributed by atoms with Crippen molar-refractivity contribution in [1.29, 1.82) is 0 Å². The largest absolute Gasteiger partial charge is 0.370 e. The van der Waals surface area contributed by atoms with Crippen LogP contribution >= 0.6 is 15.9 Å². The molecule has 0 amide bonds. The number of rotatable bonds is 0. The maximum atomic E-state index is 3.64. The van der Waals surface area contributed by atoms with E-state index in [2.05, 4.69) is 39.1 Å². The van der Waals surface area contributed by atoms with Crippen molar-refractivity contribution in [3.8, 4) is 0 Å². The molecule has 2 aliphatic rings. The molecule has 1 atom stereocenters. The molecule has 1 unspecified atom stereocenters. The third-order valence-corrected chi connectivity index (χ3v) is 2.99. The molecule has 10 heavy (non-hydrogen) atoms. The number of hydrogen-bond donors (Lipinski definition) is 0. The summed E-state index contributed by atoms with van der Waals surface area (Å²) in [5, 5.41) is 0. The molecule has 0 bridgehead atoms. The van der Waals surface area contributed by atoms with E-state index in [0.717, 1.165) is 6.54 Å². The Morgan fingerprint density at radius 3 is 3.30 bits per heavy atom. The summed E-state index contributed by atoms with van der Waals surface area (Å²) in [4.78, 5) is 3.02. The number of halogens is 1. The third kappa shape index (κ3) is 0.908. The first-order valence-corrected chi connectivity index (χ1v) is 4.55. The van der Waals surface area contributed by atoms with Crippen LogP contribution in [0.3, 0.4) is 0 Å². The average molecular weight is 200 g/mol. The van der Waals surface area contributed by atoms with Crippen LogP contribution in [-0.4, -0.2) is 22.8 Å². The molecule has 0 aromatic rings. The molecular weight excluding hydrogens is 190 g/mol. The van der Waals surface area contributed by atoms with Crippen molar-refractivity contribution < 1.29 is 0 Å². The van der Waals surface area contributed by atoms with Crippen LogP contribution in [0.5, 0.6) is 0 Å². The Bertz CT molecular complexity index is 195. The van der Waals surface area contributed by atoms with Gasteiger partial charge < -0.3 is 4.90 Å². The van der Waals surface area contributed by atoms with E-state index in [1.54, 1.807) is 0 Å². The minimum atomic E-state index is 0.609. The van der Waals surface area contributed by atoms with Crippen molar-refractivity contribution in [2.45, 2.75) is 11.2 Å². The number of fused-ring (bicyclic) bond motifs is 1. The zero-order valence-corrected chi connectivity index (χ0v) is 7.34. The van der Waals surface area contributed by atoms with Gasteiger partial charge in [0, 0.05) is 18.8 Å². The summed E-state index contributed by atoms with van der Waals surface area (Å²) in [5.41, 5.74) is 1.46. The molecular formula is C8H10BrN. The van der Waals surface area contributed by atoms with Gasteiger partial charge in [0.05, 0.1) is 4.83 Å². The lowest BCUT2D eigenvalue weighted by atomic mass is 10.2. The van der Waals surface area contributed by atoms with E-state index < -0.39 is 0 Å². The summed E-state index contributed by atoms with van der Waals surface area (Å²) in [6.45, 7) is 2.32. The minimum absolute atomic E-state index is 0.609. The summed E-state index contributed by atoms with van der Waals surface area (Å²) in [6.07, 6.45) is 7.81. The molecule has 0 aromatic heterocycles. The zero-order valence-electron chi connectivity index (χ0n) is 5.76. The van der Waals surface area contributed by atoms with E-state index in [4.69, 9.17) is 0 Å². The molecule has 54 valence electrons. The zero-order chi connectivity index (χ0) is 6.97. The van der Waals surface area contributed by atoms with E-state index in [1.165, 1.54) is 18.7 Å². The van der Waals surface area contributed by atoms with Gasteiger partial charge in [-0.25, -0.2) is 0 Å². The lowest BCUT2D eigenvalue weighted by Crippen LogP contribution is -2.20. The molecule has 0 N–H and O–H groups in total. The third-order valence-electron chi connectivity index (χ3n) is 2.07. The first kappa shape index (κ1) is 6.47. The van der Waals surface area contributed by atoms with Gasteiger partial charge in [0.2, 0.25) is 0 Å². The fraction of sp³-hybridized carbons (Fsp3) is 0.500. The fourth-order valence-corrected chi connectivity index (χ4v) is 2.15. The van der Waals surface area contributed by atoms with E-state index in [9.17, 15) is 0 Å². The average Bonchev–Trinajstić information content (AvgIpc) is 2.34. The van der Waals surface area contributed by atoms with Gasteiger partial charge in [-0.15, -0.1) is 0 Å². The van der Waals surface area contributed by atoms with Gasteiger partial charge in [-0.05, 0) is 12.5 Å². The molecule has 2 heterocycles. The predicted octanol–water partition coefficient (Wildman–Crippen LogP) is 1.91. The Kier molecular flexibility index (Phi) is 1.57. The normalized spacial score (nSPS) is 30.3. The smallest absolute Gasteiger partial charge is 0.0561 e. The van der Waals surface area contributed by atoms with Gasteiger partial charge in [-0.3, -0.25) is 0 Å². The predicted molar refractivity (Wildman–Crippen MR) is 46.1 cm³/mol. The van der Waals surface area contributed by atoms with Crippen molar-refractivity contribution >= 4 is 15.9 Å². The number of alkyl halides is 1. The Labute approximate surface area is 69.5 Å². The van der Waals surface area contributed by atoms with E-state index in [-0.39, 0.29) is 0 Å². The van der Waals surface area contributed by atoms with E-state index in [0.29, 0.717) is 4.83 Å². The van der Waals surface area contributed by atoms with Crippen molar-refractivity contribution in [2.75, 3.05) is 13.1 Å². The second kappa shape index (κ2) is 2.42. The minimum Gasteiger partial charge on any atom is -0.370 e. The van der Waals surface area contributed by atoms with Crippen molar-refractivity contribution in [1.82, 2.24) is 4.90 Å². The number of nitrogens with zero attached hydrogens (tertiary/aromatic N) is 1. The highest BCUT2D eigenvalue weighted by atomic mass is 79.9. The highest BCUT2D eigenvalue weighted by Gasteiger charge is 2.24. The highest BCUT2D eigenvalue weighted by molar-refractivity contribution is 9.09. The summed E-state index contributed by atoms with van der Waals surface area (Å²) < 4.78 is 0. The SMILES string of the molecule is BrC1CCN2CC=CC=C12. The molecule has 0 saturated carbocycles. The monoisotopic (exact) mass is 199 g/mol. The molecule has 0 aliphatic carbocycles. The number of hydrogen-bond acceptors (Lipinski definition) is 1. The van der Waals surface area contributed by atoms with Crippen molar-refractivity contribution in [2.24, 2.45) is 0 Å². The molecule has 1 nitrogen and oxygen atoms in total. The van der Waals surface area contributed by atoms with Gasteiger partial charge in [0.25, 0.3) is 0 Å². The second-order valence-electron chi connectivity index (χ2n) is 2.72. The van der Waals surface area contributed by atoms with Crippen LogP contribution in [-0.2, 0) is 0 Å². The van der Waals surface area contributed by atoms with Gasteiger partial charge in [0.15, 0.2) is 0 Å². The quantitative estimate of drug-likeness (QED) is 0.540.